The maximum absolute atomic E-state index is 5.99. The Hall–Kier alpha value is -0.120. The van der Waals surface area contributed by atoms with Crippen LogP contribution in [0.4, 0.5) is 0 Å². The monoisotopic (exact) mass is 240 g/mol. The van der Waals surface area contributed by atoms with E-state index in [9.17, 15) is 0 Å². The summed E-state index contributed by atoms with van der Waals surface area (Å²) in [5, 5.41) is 0. The van der Waals surface area contributed by atoms with Crippen molar-refractivity contribution >= 4 is 0 Å². The highest BCUT2D eigenvalue weighted by molar-refractivity contribution is 4.80. The maximum atomic E-state index is 5.99. The summed E-state index contributed by atoms with van der Waals surface area (Å²) in [4.78, 5) is 2.53. The Balaban J connectivity index is 1.61. The van der Waals surface area contributed by atoms with E-state index in [1.807, 2.05) is 0 Å². The lowest BCUT2D eigenvalue weighted by Crippen LogP contribution is -2.46. The maximum Gasteiger partial charge on any atom is 0.0597 e. The molecule has 2 atom stereocenters. The van der Waals surface area contributed by atoms with Crippen LogP contribution in [-0.2, 0) is 4.74 Å². The van der Waals surface area contributed by atoms with Gasteiger partial charge in [0, 0.05) is 18.6 Å². The molecule has 2 fully saturated rings. The number of piperidine rings is 1. The molecule has 1 aliphatic carbocycles. The van der Waals surface area contributed by atoms with Gasteiger partial charge in [-0.25, -0.2) is 0 Å². The molecular formula is C14H28N2O. The van der Waals surface area contributed by atoms with Gasteiger partial charge in [-0.15, -0.1) is 0 Å². The second-order valence-electron chi connectivity index (χ2n) is 5.80. The summed E-state index contributed by atoms with van der Waals surface area (Å²) in [5.41, 5.74) is 5.98. The number of rotatable bonds is 4. The molecule has 2 rings (SSSR count). The van der Waals surface area contributed by atoms with Crippen LogP contribution in [-0.4, -0.2) is 42.8 Å². The van der Waals surface area contributed by atoms with E-state index in [1.54, 1.807) is 0 Å². The molecule has 2 unspecified atom stereocenters. The highest BCUT2D eigenvalue weighted by atomic mass is 16.5. The fraction of sp³-hybridized carbons (Fsp3) is 1.00. The van der Waals surface area contributed by atoms with Gasteiger partial charge < -0.3 is 10.5 Å². The van der Waals surface area contributed by atoms with Gasteiger partial charge >= 0.3 is 0 Å². The van der Waals surface area contributed by atoms with Crippen molar-refractivity contribution in [2.75, 3.05) is 19.7 Å². The first-order chi connectivity index (χ1) is 8.25. The Bertz CT molecular complexity index is 216. The molecule has 17 heavy (non-hydrogen) atoms. The minimum absolute atomic E-state index is 0.417. The minimum Gasteiger partial charge on any atom is -0.377 e. The van der Waals surface area contributed by atoms with Crippen LogP contribution in [0.2, 0.25) is 0 Å². The Morgan fingerprint density at radius 3 is 2.65 bits per heavy atom. The standard InChI is InChI=1S/C14H28N2O/c1-12-11-13(15)7-8-16(12)9-10-17-14-5-3-2-4-6-14/h12-14H,2-11,15H2,1H3. The van der Waals surface area contributed by atoms with Gasteiger partial charge in [-0.05, 0) is 39.2 Å². The van der Waals surface area contributed by atoms with Gasteiger partial charge in [0.1, 0.15) is 0 Å². The van der Waals surface area contributed by atoms with Gasteiger partial charge in [0.25, 0.3) is 0 Å². The van der Waals surface area contributed by atoms with E-state index >= 15 is 0 Å². The van der Waals surface area contributed by atoms with Crippen LogP contribution in [0.3, 0.4) is 0 Å². The number of ether oxygens (including phenoxy) is 1. The van der Waals surface area contributed by atoms with E-state index in [2.05, 4.69) is 11.8 Å². The van der Waals surface area contributed by atoms with Crippen LogP contribution in [0, 0.1) is 0 Å². The molecule has 2 N–H and O–H groups in total. The Kier molecular flexibility index (Phi) is 5.26. The molecule has 1 heterocycles. The van der Waals surface area contributed by atoms with E-state index in [4.69, 9.17) is 10.5 Å². The van der Waals surface area contributed by atoms with E-state index in [1.165, 1.54) is 32.1 Å². The third kappa shape index (κ3) is 4.23. The van der Waals surface area contributed by atoms with Crippen molar-refractivity contribution in [2.24, 2.45) is 5.73 Å². The lowest BCUT2D eigenvalue weighted by atomic mass is 9.98. The summed E-state index contributed by atoms with van der Waals surface area (Å²) in [6, 6.07) is 1.05. The largest absolute Gasteiger partial charge is 0.377 e. The van der Waals surface area contributed by atoms with E-state index < -0.39 is 0 Å². The molecule has 2 aliphatic rings. The first-order valence-corrected chi connectivity index (χ1v) is 7.37. The average molecular weight is 240 g/mol. The number of nitrogens with two attached hydrogens (primary N) is 1. The zero-order valence-corrected chi connectivity index (χ0v) is 11.2. The summed E-state index contributed by atoms with van der Waals surface area (Å²) < 4.78 is 5.99. The molecule has 0 aromatic rings. The first-order valence-electron chi connectivity index (χ1n) is 7.37. The highest BCUT2D eigenvalue weighted by Gasteiger charge is 2.23. The fourth-order valence-electron chi connectivity index (χ4n) is 3.16. The van der Waals surface area contributed by atoms with Gasteiger partial charge in [-0.3, -0.25) is 4.90 Å². The molecule has 0 amide bonds. The Labute approximate surface area is 106 Å². The molecule has 1 aliphatic heterocycles. The Morgan fingerprint density at radius 1 is 1.18 bits per heavy atom. The lowest BCUT2D eigenvalue weighted by molar-refractivity contribution is 0.00609. The first kappa shape index (κ1) is 13.3. The van der Waals surface area contributed by atoms with Crippen molar-refractivity contribution in [1.29, 1.82) is 0 Å². The van der Waals surface area contributed by atoms with E-state index in [-0.39, 0.29) is 0 Å². The molecule has 0 bridgehead atoms. The summed E-state index contributed by atoms with van der Waals surface area (Å²) in [6.07, 6.45) is 9.52. The predicted octanol–water partition coefficient (Wildman–Crippen LogP) is 2.15. The lowest BCUT2D eigenvalue weighted by Gasteiger charge is -2.36. The van der Waals surface area contributed by atoms with Gasteiger partial charge in [0.05, 0.1) is 12.7 Å². The zero-order valence-electron chi connectivity index (χ0n) is 11.2. The second-order valence-corrected chi connectivity index (χ2v) is 5.80. The van der Waals surface area contributed by atoms with E-state index in [0.29, 0.717) is 18.2 Å². The quantitative estimate of drug-likeness (QED) is 0.818. The van der Waals surface area contributed by atoms with Crippen molar-refractivity contribution < 1.29 is 4.74 Å². The molecular weight excluding hydrogens is 212 g/mol. The van der Waals surface area contributed by atoms with Gasteiger partial charge in [-0.2, -0.15) is 0 Å². The molecule has 100 valence electrons. The minimum atomic E-state index is 0.417. The normalized spacial score (nSPS) is 32.8. The van der Waals surface area contributed by atoms with E-state index in [0.717, 1.165) is 32.5 Å². The molecule has 1 saturated carbocycles. The predicted molar refractivity (Wildman–Crippen MR) is 71.1 cm³/mol. The third-order valence-electron chi connectivity index (χ3n) is 4.34. The number of hydrogen-bond acceptors (Lipinski definition) is 3. The van der Waals surface area contributed by atoms with Crippen LogP contribution in [0.1, 0.15) is 51.9 Å². The Morgan fingerprint density at radius 2 is 1.94 bits per heavy atom. The number of likely N-dealkylation sites (tertiary alicyclic amines) is 1. The van der Waals surface area contributed by atoms with Gasteiger partial charge in [0.2, 0.25) is 0 Å². The smallest absolute Gasteiger partial charge is 0.0597 e. The summed E-state index contributed by atoms with van der Waals surface area (Å²) in [5.74, 6) is 0. The zero-order chi connectivity index (χ0) is 12.1. The molecule has 0 spiro atoms. The average Bonchev–Trinajstić information content (AvgIpc) is 2.33. The molecule has 0 aromatic heterocycles. The van der Waals surface area contributed by atoms with Crippen molar-refractivity contribution in [2.45, 2.75) is 70.1 Å². The summed E-state index contributed by atoms with van der Waals surface area (Å²) in [6.45, 7) is 5.44. The van der Waals surface area contributed by atoms with Crippen LogP contribution in [0.5, 0.6) is 0 Å². The van der Waals surface area contributed by atoms with Crippen molar-refractivity contribution in [1.82, 2.24) is 4.90 Å². The molecule has 0 aromatic carbocycles. The summed E-state index contributed by atoms with van der Waals surface area (Å²) in [7, 11) is 0. The van der Waals surface area contributed by atoms with Crippen molar-refractivity contribution in [3.05, 3.63) is 0 Å². The van der Waals surface area contributed by atoms with Crippen LogP contribution >= 0.6 is 0 Å². The highest BCUT2D eigenvalue weighted by Crippen LogP contribution is 2.20. The van der Waals surface area contributed by atoms with Crippen LogP contribution < -0.4 is 5.73 Å². The molecule has 3 nitrogen and oxygen atoms in total. The number of hydrogen-bond donors (Lipinski definition) is 1. The van der Waals surface area contributed by atoms with Gasteiger partial charge in [0.15, 0.2) is 0 Å². The molecule has 3 heteroatoms. The van der Waals surface area contributed by atoms with Crippen molar-refractivity contribution in [3.8, 4) is 0 Å². The second kappa shape index (κ2) is 6.72. The molecule has 0 radical (unpaired) electrons. The van der Waals surface area contributed by atoms with Crippen LogP contribution in [0.15, 0.2) is 0 Å². The summed E-state index contributed by atoms with van der Waals surface area (Å²) >= 11 is 0. The molecule has 1 saturated heterocycles. The fourth-order valence-corrected chi connectivity index (χ4v) is 3.16. The SMILES string of the molecule is CC1CC(N)CCN1CCOC1CCCCC1. The third-order valence-corrected chi connectivity index (χ3v) is 4.34. The number of nitrogens with zero attached hydrogens (tertiary/aromatic N) is 1. The van der Waals surface area contributed by atoms with Crippen LogP contribution in [0.25, 0.3) is 0 Å². The van der Waals surface area contributed by atoms with Gasteiger partial charge in [-0.1, -0.05) is 19.3 Å². The van der Waals surface area contributed by atoms with Crippen molar-refractivity contribution in [3.63, 3.8) is 0 Å². The topological polar surface area (TPSA) is 38.5 Å².